The number of aromatic nitrogens is 1. The second-order valence-electron chi connectivity index (χ2n) is 7.75. The Morgan fingerprint density at radius 3 is 2.45 bits per heavy atom. The lowest BCUT2D eigenvalue weighted by molar-refractivity contribution is -0.117. The Kier molecular flexibility index (Phi) is 7.73. The number of hydrogen-bond acceptors (Lipinski definition) is 3. The van der Waals surface area contributed by atoms with Crippen LogP contribution in [0.3, 0.4) is 0 Å². The van der Waals surface area contributed by atoms with Crippen LogP contribution in [0.2, 0.25) is 0 Å². The number of nitrogens with one attached hydrogen (secondary N) is 1. The van der Waals surface area contributed by atoms with Gasteiger partial charge in [0.2, 0.25) is 0 Å². The predicted octanol–water partition coefficient (Wildman–Crippen LogP) is 4.57. The van der Waals surface area contributed by atoms with Crippen molar-refractivity contribution in [2.75, 3.05) is 0 Å². The highest BCUT2D eigenvalue weighted by atomic mass is 16.1. The van der Waals surface area contributed by atoms with E-state index >= 15 is 0 Å². The topological polar surface area (TPSA) is 59.1 Å². The molecule has 0 aliphatic heterocycles. The fourth-order valence-corrected chi connectivity index (χ4v) is 3.35. The second-order valence-corrected chi connectivity index (χ2v) is 7.75. The van der Waals surface area contributed by atoms with Crippen molar-refractivity contribution < 1.29 is 9.59 Å². The molecule has 1 N–H and O–H groups in total. The van der Waals surface area contributed by atoms with Crippen molar-refractivity contribution >= 4 is 11.7 Å². The van der Waals surface area contributed by atoms with Crippen LogP contribution in [0.5, 0.6) is 0 Å². The van der Waals surface area contributed by atoms with Crippen LogP contribution in [0.15, 0.2) is 72.9 Å². The number of carbonyl (C=O) groups is 2. The molecular weight excluding hydrogens is 384 g/mol. The Balaban J connectivity index is 1.61. The van der Waals surface area contributed by atoms with E-state index in [1.165, 1.54) is 5.56 Å². The lowest BCUT2D eigenvalue weighted by Gasteiger charge is -2.09. The molecule has 0 spiro atoms. The largest absolute Gasteiger partial charge is 0.346 e. The molecule has 2 aromatic carbocycles. The summed E-state index contributed by atoms with van der Waals surface area (Å²) in [6.45, 7) is 4.11. The molecule has 0 aliphatic carbocycles. The third-order valence-corrected chi connectivity index (χ3v) is 4.81. The first-order valence-corrected chi connectivity index (χ1v) is 10.4. The fraction of sp³-hybridized carbons (Fsp3) is 0.222. The lowest BCUT2D eigenvalue weighted by Crippen LogP contribution is -2.23. The molecule has 1 amide bonds. The molecule has 0 saturated heterocycles. The summed E-state index contributed by atoms with van der Waals surface area (Å²) in [5.74, 6) is 6.69. The van der Waals surface area contributed by atoms with Gasteiger partial charge in [-0.05, 0) is 67.3 Å². The van der Waals surface area contributed by atoms with E-state index < -0.39 is 0 Å². The van der Waals surface area contributed by atoms with Crippen LogP contribution in [0.4, 0.5) is 0 Å². The van der Waals surface area contributed by atoms with Crippen molar-refractivity contribution in [3.8, 4) is 11.8 Å². The van der Waals surface area contributed by atoms with Crippen LogP contribution >= 0.6 is 0 Å². The summed E-state index contributed by atoms with van der Waals surface area (Å²) in [5.41, 5.74) is 4.27. The van der Waals surface area contributed by atoms with Gasteiger partial charge in [-0.2, -0.15) is 0 Å². The molecule has 0 saturated carbocycles. The minimum Gasteiger partial charge on any atom is -0.346 e. The minimum atomic E-state index is -0.154. The Morgan fingerprint density at radius 1 is 0.968 bits per heavy atom. The summed E-state index contributed by atoms with van der Waals surface area (Å²) in [7, 11) is 0. The lowest BCUT2D eigenvalue weighted by atomic mass is 9.96. The molecule has 0 bridgehead atoms. The molecule has 4 heteroatoms. The molecule has 0 aliphatic rings. The SMILES string of the molecule is CC(=O)CC(C)Cc1ccc(C#Cc2cccc(C(=O)NCc3ccccn3)c2)cc1. The molecule has 4 nitrogen and oxygen atoms in total. The molecule has 3 rings (SSSR count). The Bertz CT molecular complexity index is 1090. The van der Waals surface area contributed by atoms with E-state index in [2.05, 4.69) is 41.2 Å². The van der Waals surface area contributed by atoms with E-state index in [1.807, 2.05) is 42.5 Å². The van der Waals surface area contributed by atoms with Crippen molar-refractivity contribution in [3.63, 3.8) is 0 Å². The third-order valence-electron chi connectivity index (χ3n) is 4.81. The zero-order valence-corrected chi connectivity index (χ0v) is 17.9. The van der Waals surface area contributed by atoms with Gasteiger partial charge in [0.05, 0.1) is 12.2 Å². The van der Waals surface area contributed by atoms with Crippen LogP contribution in [0, 0.1) is 17.8 Å². The summed E-state index contributed by atoms with van der Waals surface area (Å²) in [4.78, 5) is 27.9. The van der Waals surface area contributed by atoms with Crippen molar-refractivity contribution in [3.05, 3.63) is 101 Å². The van der Waals surface area contributed by atoms with E-state index in [-0.39, 0.29) is 11.7 Å². The maximum Gasteiger partial charge on any atom is 0.251 e. The summed E-state index contributed by atoms with van der Waals surface area (Å²) < 4.78 is 0. The van der Waals surface area contributed by atoms with Gasteiger partial charge >= 0.3 is 0 Å². The van der Waals surface area contributed by atoms with E-state index in [4.69, 9.17) is 0 Å². The van der Waals surface area contributed by atoms with Crippen LogP contribution in [0.25, 0.3) is 0 Å². The molecule has 1 aromatic heterocycles. The average Bonchev–Trinajstić information content (AvgIpc) is 2.77. The molecule has 0 radical (unpaired) electrons. The molecule has 1 heterocycles. The number of carbonyl (C=O) groups excluding carboxylic acids is 2. The van der Waals surface area contributed by atoms with Gasteiger partial charge in [-0.25, -0.2) is 0 Å². The quantitative estimate of drug-likeness (QED) is 0.581. The Labute approximate surface area is 183 Å². The highest BCUT2D eigenvalue weighted by Gasteiger charge is 2.07. The fourth-order valence-electron chi connectivity index (χ4n) is 3.35. The second kappa shape index (κ2) is 10.9. The normalized spacial score (nSPS) is 11.2. The number of Topliss-reactive ketones (excluding diaryl/α,β-unsaturated/α-hetero) is 1. The van der Waals surface area contributed by atoms with Gasteiger partial charge in [0, 0.05) is 29.3 Å². The highest BCUT2D eigenvalue weighted by molar-refractivity contribution is 5.94. The van der Waals surface area contributed by atoms with Crippen LogP contribution in [-0.2, 0) is 17.8 Å². The molecule has 0 fully saturated rings. The van der Waals surface area contributed by atoms with E-state index in [9.17, 15) is 9.59 Å². The van der Waals surface area contributed by atoms with Crippen LogP contribution < -0.4 is 5.32 Å². The number of nitrogens with zero attached hydrogens (tertiary/aromatic N) is 1. The van der Waals surface area contributed by atoms with Gasteiger partial charge in [-0.15, -0.1) is 0 Å². The van der Waals surface area contributed by atoms with Gasteiger partial charge in [-0.1, -0.05) is 43.0 Å². The van der Waals surface area contributed by atoms with Gasteiger partial charge in [0.25, 0.3) is 5.91 Å². The zero-order chi connectivity index (χ0) is 22.1. The van der Waals surface area contributed by atoms with Gasteiger partial charge < -0.3 is 10.1 Å². The van der Waals surface area contributed by atoms with Crippen molar-refractivity contribution in [2.45, 2.75) is 33.2 Å². The monoisotopic (exact) mass is 410 g/mol. The summed E-state index contributed by atoms with van der Waals surface area (Å²) >= 11 is 0. The summed E-state index contributed by atoms with van der Waals surface area (Å²) in [6, 6.07) is 21.0. The van der Waals surface area contributed by atoms with Gasteiger partial charge in [-0.3, -0.25) is 9.78 Å². The van der Waals surface area contributed by atoms with Crippen LogP contribution in [0.1, 0.15) is 53.0 Å². The van der Waals surface area contributed by atoms with Gasteiger partial charge in [0.1, 0.15) is 5.78 Å². The number of hydrogen-bond donors (Lipinski definition) is 1. The summed E-state index contributed by atoms with van der Waals surface area (Å²) in [5, 5.41) is 2.88. The smallest absolute Gasteiger partial charge is 0.251 e. The maximum atomic E-state index is 12.4. The molecule has 1 atom stereocenters. The first kappa shape index (κ1) is 22.0. The van der Waals surface area contributed by atoms with Crippen molar-refractivity contribution in [1.82, 2.24) is 10.3 Å². The van der Waals surface area contributed by atoms with E-state index in [0.29, 0.717) is 24.4 Å². The van der Waals surface area contributed by atoms with E-state index in [0.717, 1.165) is 23.2 Å². The average molecular weight is 411 g/mol. The number of rotatable bonds is 7. The standard InChI is InChI=1S/C27H26N2O2/c1-20(16-21(2)30)17-24-13-10-22(11-14-24)9-12-23-6-5-7-25(18-23)27(31)29-19-26-8-3-4-15-28-26/h3-8,10-11,13-15,18,20H,16-17,19H2,1-2H3,(H,29,31). The maximum absolute atomic E-state index is 12.4. The first-order chi connectivity index (χ1) is 15.0. The highest BCUT2D eigenvalue weighted by Crippen LogP contribution is 2.13. The van der Waals surface area contributed by atoms with Crippen LogP contribution in [-0.4, -0.2) is 16.7 Å². The minimum absolute atomic E-state index is 0.154. The number of pyridine rings is 1. The number of benzene rings is 2. The van der Waals surface area contributed by atoms with Crippen molar-refractivity contribution in [2.24, 2.45) is 5.92 Å². The predicted molar refractivity (Wildman–Crippen MR) is 122 cm³/mol. The molecule has 1 unspecified atom stereocenters. The number of amides is 1. The van der Waals surface area contributed by atoms with E-state index in [1.54, 1.807) is 25.3 Å². The van der Waals surface area contributed by atoms with Crippen molar-refractivity contribution in [1.29, 1.82) is 0 Å². The third kappa shape index (κ3) is 7.24. The molecule has 31 heavy (non-hydrogen) atoms. The molecule has 156 valence electrons. The first-order valence-electron chi connectivity index (χ1n) is 10.4. The molecule has 3 aromatic rings. The Morgan fingerprint density at radius 2 is 1.74 bits per heavy atom. The Hall–Kier alpha value is -3.71. The zero-order valence-electron chi connectivity index (χ0n) is 17.9. The number of ketones is 1. The summed E-state index contributed by atoms with van der Waals surface area (Å²) in [6.07, 6.45) is 3.19. The van der Waals surface area contributed by atoms with Gasteiger partial charge in [0.15, 0.2) is 0 Å². The molecular formula is C27H26N2O2.